The average molecular weight is 826 g/mol. The molecule has 3 atom stereocenters. The zero-order valence-electron chi connectivity index (χ0n) is 35.1. The van der Waals surface area contributed by atoms with Gasteiger partial charge in [-0.15, -0.1) is 0 Å². The fourth-order valence-electron chi connectivity index (χ4n) is 9.76. The van der Waals surface area contributed by atoms with Crippen LogP contribution in [0.15, 0.2) is 108 Å². The van der Waals surface area contributed by atoms with Gasteiger partial charge in [0.25, 0.3) is 5.91 Å². The summed E-state index contributed by atoms with van der Waals surface area (Å²) in [6.45, 7) is 4.78. The Kier molecular flexibility index (Phi) is 13.8. The van der Waals surface area contributed by atoms with Gasteiger partial charge >= 0.3 is 5.97 Å². The number of amides is 1. The summed E-state index contributed by atoms with van der Waals surface area (Å²) in [7, 11) is 0. The van der Waals surface area contributed by atoms with Crippen molar-refractivity contribution in [3.63, 3.8) is 0 Å². The lowest BCUT2D eigenvalue weighted by Gasteiger charge is -2.44. The summed E-state index contributed by atoms with van der Waals surface area (Å²) in [5.74, 6) is 1.38. The van der Waals surface area contributed by atoms with Crippen LogP contribution in [0.2, 0.25) is 0 Å². The van der Waals surface area contributed by atoms with E-state index in [9.17, 15) is 24.6 Å². The van der Waals surface area contributed by atoms with E-state index in [4.69, 9.17) is 9.47 Å². The molecule has 1 amide bonds. The number of rotatable bonds is 18. The number of aliphatic hydroxyl groups excluding tert-OH is 1. The Morgan fingerprint density at radius 2 is 1.61 bits per heavy atom. The molecule has 10 nitrogen and oxygen atoms in total. The number of hydrogen-bond acceptors (Lipinski definition) is 8. The molecule has 0 radical (unpaired) electrons. The van der Waals surface area contributed by atoms with Crippen LogP contribution in [0.1, 0.15) is 115 Å². The van der Waals surface area contributed by atoms with Crippen molar-refractivity contribution in [3.05, 3.63) is 141 Å². The Balaban J connectivity index is 0.855. The third kappa shape index (κ3) is 10.7. The first-order valence-electron chi connectivity index (χ1n) is 22.4. The molecule has 3 N–H and O–H groups in total. The third-order valence-electron chi connectivity index (χ3n) is 13.2. The highest BCUT2D eigenvalue weighted by Gasteiger charge is 2.37. The molecule has 1 saturated carbocycles. The molecule has 5 aromatic rings. The summed E-state index contributed by atoms with van der Waals surface area (Å²) in [5.41, 5.74) is 4.38. The number of piperidine rings is 3. The van der Waals surface area contributed by atoms with Crippen molar-refractivity contribution in [2.75, 3.05) is 32.7 Å². The monoisotopic (exact) mass is 825 g/mol. The standard InChI is InChI=1S/C51H59N3O7/c55-45(42-21-23-46(56)50-43(42)22-24-48(57)52-50)16-5-2-8-27-54(32-35-10-6-7-11-35)51(59)39-19-17-36(18-20-39)34-60-41-15-9-14-40(30-41)44(37-12-3-1-4-13-37)31-49(58)61-47-33-53-28-25-38(47)26-29-53/h1,3-4,9,12-15,17-24,30,35,38,44-45,47,55-56H,2,5-8,10-11,16,25-29,31-34H2,(H,52,57)/t44-,45-,47-/m0/s1. The number of carbonyl (C=O) groups excluding carboxylic acids is 2. The van der Waals surface area contributed by atoms with Gasteiger partial charge in [-0.3, -0.25) is 19.3 Å². The quantitative estimate of drug-likeness (QED) is 0.0590. The number of aromatic nitrogens is 1. The van der Waals surface area contributed by atoms with Gasteiger partial charge in [-0.2, -0.15) is 0 Å². The molecule has 3 saturated heterocycles. The SMILES string of the molecule is O=C(C[C@@H](c1ccccc1)c1cccc(OCc2ccc(C(=O)N(CCCCC[C@H](O)c3ccc(O)c4[nH]c(=O)ccc34)CC3CCCC3)cc2)c1)O[C@H]1CN2CCC1CC2. The van der Waals surface area contributed by atoms with Crippen molar-refractivity contribution in [1.29, 1.82) is 0 Å². The number of aliphatic hydroxyl groups is 1. The van der Waals surface area contributed by atoms with Crippen LogP contribution in [0, 0.1) is 11.8 Å². The zero-order valence-corrected chi connectivity index (χ0v) is 35.1. The number of nitrogens with zero attached hydrogens (tertiary/aromatic N) is 2. The van der Waals surface area contributed by atoms with Gasteiger partial charge in [0.15, 0.2) is 0 Å². The van der Waals surface area contributed by atoms with E-state index >= 15 is 0 Å². The predicted octanol–water partition coefficient (Wildman–Crippen LogP) is 8.90. The number of nitrogens with one attached hydrogen (secondary N) is 1. The van der Waals surface area contributed by atoms with Gasteiger partial charge in [-0.1, -0.05) is 86.3 Å². The highest BCUT2D eigenvalue weighted by Crippen LogP contribution is 2.35. The van der Waals surface area contributed by atoms with E-state index in [0.29, 0.717) is 59.2 Å². The number of esters is 1. The van der Waals surface area contributed by atoms with Gasteiger partial charge < -0.3 is 29.6 Å². The van der Waals surface area contributed by atoms with Crippen LogP contribution >= 0.6 is 0 Å². The molecule has 4 aromatic carbocycles. The van der Waals surface area contributed by atoms with Crippen LogP contribution in [0.5, 0.6) is 11.5 Å². The van der Waals surface area contributed by atoms with E-state index in [0.717, 1.165) is 87.8 Å². The Morgan fingerprint density at radius 3 is 2.36 bits per heavy atom. The van der Waals surface area contributed by atoms with Crippen LogP contribution < -0.4 is 10.3 Å². The largest absolute Gasteiger partial charge is 0.506 e. The Hall–Kier alpha value is -5.45. The maximum atomic E-state index is 14.0. The number of unbranched alkanes of at least 4 members (excludes halogenated alkanes) is 2. The molecule has 4 fully saturated rings. The third-order valence-corrected chi connectivity index (χ3v) is 13.2. The Morgan fingerprint density at radius 1 is 0.836 bits per heavy atom. The number of pyridine rings is 1. The second-order valence-electron chi connectivity index (χ2n) is 17.4. The number of phenols is 1. The lowest BCUT2D eigenvalue weighted by atomic mass is 9.85. The summed E-state index contributed by atoms with van der Waals surface area (Å²) in [5, 5.41) is 21.9. The first-order chi connectivity index (χ1) is 29.8. The Bertz CT molecular complexity index is 2300. The van der Waals surface area contributed by atoms with Crippen LogP contribution in [-0.2, 0) is 16.1 Å². The second-order valence-corrected chi connectivity index (χ2v) is 17.4. The minimum absolute atomic E-state index is 0.0215. The topological polar surface area (TPSA) is 132 Å². The van der Waals surface area contributed by atoms with Crippen molar-refractivity contribution in [2.24, 2.45) is 11.8 Å². The molecular weight excluding hydrogens is 767 g/mol. The lowest BCUT2D eigenvalue weighted by molar-refractivity contribution is -0.159. The van der Waals surface area contributed by atoms with Crippen LogP contribution in [-0.4, -0.2) is 75.7 Å². The lowest BCUT2D eigenvalue weighted by Crippen LogP contribution is -2.52. The number of aromatic amines is 1. The summed E-state index contributed by atoms with van der Waals surface area (Å²) >= 11 is 0. The molecule has 4 heterocycles. The normalized spacial score (nSPS) is 19.7. The fraction of sp³-hybridized carbons (Fsp3) is 0.431. The number of hydrogen-bond donors (Lipinski definition) is 3. The smallest absolute Gasteiger partial charge is 0.307 e. The number of phenolic OH excluding ortho intramolecular Hbond substituents is 1. The van der Waals surface area contributed by atoms with E-state index in [1.807, 2.05) is 65.6 Å². The average Bonchev–Trinajstić information content (AvgIpc) is 3.81. The van der Waals surface area contributed by atoms with Crippen molar-refractivity contribution in [2.45, 2.75) is 95.4 Å². The number of aromatic hydroxyl groups is 1. The molecule has 1 aromatic heterocycles. The van der Waals surface area contributed by atoms with Crippen molar-refractivity contribution in [1.82, 2.24) is 14.8 Å². The van der Waals surface area contributed by atoms with Gasteiger partial charge in [0.1, 0.15) is 24.2 Å². The second kappa shape index (κ2) is 19.9. The zero-order chi connectivity index (χ0) is 42.1. The molecule has 3 aliphatic heterocycles. The van der Waals surface area contributed by atoms with Gasteiger partial charge in [0.2, 0.25) is 5.56 Å². The molecule has 0 spiro atoms. The molecule has 10 heteroatoms. The summed E-state index contributed by atoms with van der Waals surface area (Å²) in [6, 6.07) is 32.1. The van der Waals surface area contributed by atoms with E-state index in [2.05, 4.69) is 28.1 Å². The highest BCUT2D eigenvalue weighted by molar-refractivity contribution is 5.94. The molecule has 0 unspecified atom stereocenters. The molecule has 320 valence electrons. The van der Waals surface area contributed by atoms with Crippen LogP contribution in [0.4, 0.5) is 0 Å². The minimum Gasteiger partial charge on any atom is -0.506 e. The number of carbonyl (C=O) groups is 2. The first kappa shape index (κ1) is 42.2. The number of H-pyrrole nitrogens is 1. The van der Waals surface area contributed by atoms with Crippen LogP contribution in [0.3, 0.4) is 0 Å². The molecule has 1 aliphatic carbocycles. The number of fused-ring (bicyclic) bond motifs is 4. The molecule has 9 rings (SSSR count). The van der Waals surface area contributed by atoms with Gasteiger partial charge in [0, 0.05) is 42.6 Å². The van der Waals surface area contributed by atoms with E-state index in [1.165, 1.54) is 25.0 Å². The Labute approximate surface area is 358 Å². The predicted molar refractivity (Wildman–Crippen MR) is 237 cm³/mol. The summed E-state index contributed by atoms with van der Waals surface area (Å²) in [4.78, 5) is 46.3. The van der Waals surface area contributed by atoms with Crippen molar-refractivity contribution < 1.29 is 29.3 Å². The summed E-state index contributed by atoms with van der Waals surface area (Å²) in [6.07, 6.45) is 9.40. The van der Waals surface area contributed by atoms with E-state index < -0.39 is 6.10 Å². The van der Waals surface area contributed by atoms with Gasteiger partial charge in [0.05, 0.1) is 18.0 Å². The summed E-state index contributed by atoms with van der Waals surface area (Å²) < 4.78 is 12.4. The van der Waals surface area contributed by atoms with E-state index in [-0.39, 0.29) is 41.6 Å². The highest BCUT2D eigenvalue weighted by atomic mass is 16.5. The van der Waals surface area contributed by atoms with E-state index in [1.54, 1.807) is 12.1 Å². The molecule has 61 heavy (non-hydrogen) atoms. The molecule has 4 aliphatic rings. The van der Waals surface area contributed by atoms with Crippen molar-refractivity contribution in [3.8, 4) is 11.5 Å². The first-order valence-corrected chi connectivity index (χ1v) is 22.4. The van der Waals surface area contributed by atoms with Gasteiger partial charge in [-0.25, -0.2) is 0 Å². The van der Waals surface area contributed by atoms with Gasteiger partial charge in [-0.05, 0) is 122 Å². The molecular formula is C51H59N3O7. The minimum atomic E-state index is -0.738. The molecule has 2 bridgehead atoms. The fourth-order valence-corrected chi connectivity index (χ4v) is 9.76. The number of ether oxygens (including phenoxy) is 2. The maximum absolute atomic E-state index is 14.0. The number of benzene rings is 4. The van der Waals surface area contributed by atoms with Crippen LogP contribution in [0.25, 0.3) is 10.9 Å². The van der Waals surface area contributed by atoms with Crippen molar-refractivity contribution >= 4 is 22.8 Å². The maximum Gasteiger partial charge on any atom is 0.307 e.